The largest absolute Gasteiger partial charge is 0.505 e. The van der Waals surface area contributed by atoms with Gasteiger partial charge in [0.1, 0.15) is 16.9 Å². The number of imidazole rings is 2. The minimum absolute atomic E-state index is 0.0945. The Kier molecular flexibility index (Phi) is 9.27. The van der Waals surface area contributed by atoms with E-state index in [2.05, 4.69) is 30.8 Å². The molecule has 4 amide bonds. The maximum absolute atomic E-state index is 13.4. The number of unbranched alkanes of at least 4 members (excludes halogenated alkanes) is 1. The summed E-state index contributed by atoms with van der Waals surface area (Å²) in [4.78, 5) is 59.8. The van der Waals surface area contributed by atoms with E-state index in [4.69, 9.17) is 11.5 Å². The number of primary amides is 2. The molecule has 2 aromatic carbocycles. The van der Waals surface area contributed by atoms with Gasteiger partial charge in [0.2, 0.25) is 17.8 Å². The lowest BCUT2D eigenvalue weighted by Gasteiger charge is -2.13. The fourth-order valence-corrected chi connectivity index (χ4v) is 6.11. The Hall–Kier alpha value is -6.52. The first-order valence-corrected chi connectivity index (χ1v) is 16.4. The standard InChI is InChI=1S/C34H38N12O5/c1-5-45-25(15-18(3)41-45)31(50)39-33-37-22-17-20(29(35)48)9-11-23(22)43(33)13-7-8-14-44-24-12-10-21(30(36)49)28(47)27(24)38-34(44)40-32(51)26-16-19(4)42-46(26)6-2/h9-12,15-17,47H,5-8,13-14H2,1-4H3,(H2,35,48)(H2,36,49)(H,37,39,50)(H,38,40,51). The van der Waals surface area contributed by atoms with Gasteiger partial charge < -0.3 is 25.7 Å². The normalized spacial score (nSPS) is 11.4. The maximum Gasteiger partial charge on any atom is 0.276 e. The van der Waals surface area contributed by atoms with Crippen LogP contribution in [0.3, 0.4) is 0 Å². The van der Waals surface area contributed by atoms with Crippen molar-refractivity contribution in [2.45, 2.75) is 66.7 Å². The first-order valence-electron chi connectivity index (χ1n) is 16.4. The van der Waals surface area contributed by atoms with Gasteiger partial charge in [-0.2, -0.15) is 10.2 Å². The number of carbonyl (C=O) groups excluding carboxylic acids is 4. The lowest BCUT2D eigenvalue weighted by molar-refractivity contribution is 0.0990. The second-order valence-corrected chi connectivity index (χ2v) is 12.0. The molecule has 6 rings (SSSR count). The number of rotatable bonds is 13. The number of hydrogen-bond donors (Lipinski definition) is 5. The summed E-state index contributed by atoms with van der Waals surface area (Å²) < 4.78 is 6.79. The zero-order valence-corrected chi connectivity index (χ0v) is 28.6. The number of amides is 4. The first-order chi connectivity index (χ1) is 24.4. The summed E-state index contributed by atoms with van der Waals surface area (Å²) in [6, 6.07) is 11.3. The molecule has 0 bridgehead atoms. The number of aryl methyl sites for hydroxylation is 6. The average molecular weight is 695 g/mol. The second kappa shape index (κ2) is 13.8. The predicted molar refractivity (Wildman–Crippen MR) is 189 cm³/mol. The molecule has 17 heteroatoms. The van der Waals surface area contributed by atoms with E-state index in [1.807, 2.05) is 25.3 Å². The summed E-state index contributed by atoms with van der Waals surface area (Å²) in [5.74, 6) is -2.18. The zero-order valence-electron chi connectivity index (χ0n) is 28.6. The molecule has 4 heterocycles. The molecule has 264 valence electrons. The van der Waals surface area contributed by atoms with Crippen LogP contribution in [0.4, 0.5) is 11.9 Å². The third kappa shape index (κ3) is 6.60. The highest BCUT2D eigenvalue weighted by Crippen LogP contribution is 2.31. The Bertz CT molecular complexity index is 2340. The van der Waals surface area contributed by atoms with Gasteiger partial charge in [-0.15, -0.1) is 0 Å². The fraction of sp³-hybridized carbons (Fsp3) is 0.294. The van der Waals surface area contributed by atoms with Crippen molar-refractivity contribution in [2.75, 3.05) is 10.6 Å². The number of hydrogen-bond acceptors (Lipinski definition) is 9. The van der Waals surface area contributed by atoms with E-state index in [9.17, 15) is 24.3 Å². The molecule has 0 aliphatic heterocycles. The lowest BCUT2D eigenvalue weighted by atomic mass is 10.1. The molecule has 6 aromatic rings. The minimum atomic E-state index is -0.815. The van der Waals surface area contributed by atoms with Gasteiger partial charge >= 0.3 is 0 Å². The van der Waals surface area contributed by atoms with Crippen molar-refractivity contribution in [1.29, 1.82) is 0 Å². The lowest BCUT2D eigenvalue weighted by Crippen LogP contribution is -2.20. The molecule has 0 radical (unpaired) electrons. The van der Waals surface area contributed by atoms with Crippen molar-refractivity contribution in [3.63, 3.8) is 0 Å². The van der Waals surface area contributed by atoms with Crippen LogP contribution < -0.4 is 22.1 Å². The molecule has 0 aliphatic carbocycles. The summed E-state index contributed by atoms with van der Waals surface area (Å²) in [6.07, 6.45) is 1.12. The topological polar surface area (TPSA) is 236 Å². The van der Waals surface area contributed by atoms with Gasteiger partial charge in [-0.25, -0.2) is 9.97 Å². The summed E-state index contributed by atoms with van der Waals surface area (Å²) in [5.41, 5.74) is 15.0. The van der Waals surface area contributed by atoms with Crippen molar-refractivity contribution in [3.05, 3.63) is 76.4 Å². The molecule has 0 unspecified atom stereocenters. The number of carbonyl (C=O) groups is 4. The summed E-state index contributed by atoms with van der Waals surface area (Å²) in [5, 5.41) is 25.4. The molecule has 0 spiro atoms. The molecule has 0 aliphatic rings. The third-order valence-electron chi connectivity index (χ3n) is 8.53. The molecular formula is C34H38N12O5. The highest BCUT2D eigenvalue weighted by atomic mass is 16.3. The Labute approximate surface area is 291 Å². The SMILES string of the molecule is CCn1nc(C)cc1C(=O)Nc1nc2cc(C(N)=O)ccc2n1CCCCn1c(NC(=O)c2cc(C)nn2CC)nc2c(O)c(C(N)=O)ccc21. The van der Waals surface area contributed by atoms with Gasteiger partial charge in [0, 0.05) is 31.7 Å². The highest BCUT2D eigenvalue weighted by molar-refractivity contribution is 6.05. The number of nitrogens with one attached hydrogen (secondary N) is 2. The average Bonchev–Trinajstić information content (AvgIpc) is 3.85. The number of nitrogens with two attached hydrogens (primary N) is 2. The van der Waals surface area contributed by atoms with Crippen LogP contribution in [0.2, 0.25) is 0 Å². The van der Waals surface area contributed by atoms with Gasteiger partial charge in [-0.1, -0.05) is 0 Å². The van der Waals surface area contributed by atoms with Crippen LogP contribution in [0.25, 0.3) is 22.1 Å². The van der Waals surface area contributed by atoms with E-state index in [1.54, 1.807) is 57.3 Å². The van der Waals surface area contributed by atoms with Crippen LogP contribution in [-0.4, -0.2) is 67.4 Å². The van der Waals surface area contributed by atoms with Crippen molar-refractivity contribution in [1.82, 2.24) is 38.7 Å². The highest BCUT2D eigenvalue weighted by Gasteiger charge is 2.23. The quantitative estimate of drug-likeness (QED) is 0.111. The molecule has 51 heavy (non-hydrogen) atoms. The number of anilines is 2. The zero-order chi connectivity index (χ0) is 36.6. The third-order valence-corrected chi connectivity index (χ3v) is 8.53. The van der Waals surface area contributed by atoms with E-state index in [1.165, 1.54) is 6.07 Å². The number of aromatic nitrogens is 8. The van der Waals surface area contributed by atoms with Gasteiger partial charge in [0.25, 0.3) is 17.7 Å². The van der Waals surface area contributed by atoms with Crippen LogP contribution in [0.5, 0.6) is 5.75 Å². The van der Waals surface area contributed by atoms with Crippen LogP contribution >= 0.6 is 0 Å². The van der Waals surface area contributed by atoms with E-state index < -0.39 is 17.7 Å². The van der Waals surface area contributed by atoms with E-state index in [-0.39, 0.29) is 40.2 Å². The molecule has 0 saturated heterocycles. The molecule has 0 fully saturated rings. The number of phenols is 1. The Morgan fingerprint density at radius 3 is 1.78 bits per heavy atom. The van der Waals surface area contributed by atoms with E-state index in [0.717, 1.165) is 0 Å². The van der Waals surface area contributed by atoms with Crippen LogP contribution in [0, 0.1) is 13.8 Å². The van der Waals surface area contributed by atoms with Gasteiger partial charge in [-0.3, -0.25) is 39.2 Å². The molecular weight excluding hydrogens is 656 g/mol. The van der Waals surface area contributed by atoms with Gasteiger partial charge in [0.15, 0.2) is 5.75 Å². The van der Waals surface area contributed by atoms with E-state index >= 15 is 0 Å². The molecule has 7 N–H and O–H groups in total. The van der Waals surface area contributed by atoms with Crippen molar-refractivity contribution in [2.24, 2.45) is 11.5 Å². The van der Waals surface area contributed by atoms with Crippen LogP contribution in [-0.2, 0) is 26.2 Å². The monoisotopic (exact) mass is 694 g/mol. The van der Waals surface area contributed by atoms with Crippen molar-refractivity contribution < 1.29 is 24.3 Å². The molecule has 0 atom stereocenters. The van der Waals surface area contributed by atoms with Crippen molar-refractivity contribution >= 4 is 57.6 Å². The summed E-state index contributed by atoms with van der Waals surface area (Å²) >= 11 is 0. The van der Waals surface area contributed by atoms with Gasteiger partial charge in [-0.05, 0) is 83.0 Å². The molecule has 17 nitrogen and oxygen atoms in total. The Morgan fingerprint density at radius 1 is 0.725 bits per heavy atom. The van der Waals surface area contributed by atoms with Gasteiger partial charge in [0.05, 0.1) is 33.5 Å². The molecule has 4 aromatic heterocycles. The fourth-order valence-electron chi connectivity index (χ4n) is 6.11. The Morgan fingerprint density at radius 2 is 1.25 bits per heavy atom. The number of benzene rings is 2. The number of fused-ring (bicyclic) bond motifs is 2. The molecule has 0 saturated carbocycles. The number of aromatic hydroxyl groups is 1. The summed E-state index contributed by atoms with van der Waals surface area (Å²) in [6.45, 7) is 9.11. The smallest absolute Gasteiger partial charge is 0.276 e. The number of nitrogens with zero attached hydrogens (tertiary/aromatic N) is 8. The maximum atomic E-state index is 13.4. The van der Waals surface area contributed by atoms with E-state index in [0.29, 0.717) is 78.3 Å². The Balaban J connectivity index is 1.29. The summed E-state index contributed by atoms with van der Waals surface area (Å²) in [7, 11) is 0. The first kappa shape index (κ1) is 34.3. The van der Waals surface area contributed by atoms with Crippen LogP contribution in [0.15, 0.2) is 42.5 Å². The van der Waals surface area contributed by atoms with Crippen molar-refractivity contribution in [3.8, 4) is 5.75 Å². The van der Waals surface area contributed by atoms with Crippen LogP contribution in [0.1, 0.15) is 79.8 Å². The second-order valence-electron chi connectivity index (χ2n) is 12.0. The predicted octanol–water partition coefficient (Wildman–Crippen LogP) is 3.32. The minimum Gasteiger partial charge on any atom is -0.505 e.